The molecular formula is C26H19FN2O. The summed E-state index contributed by atoms with van der Waals surface area (Å²) in [7, 11) is 0. The number of rotatable bonds is 2. The molecule has 0 aliphatic carbocycles. The Kier molecular flexibility index (Phi) is 3.85. The number of hydrogen-bond donors (Lipinski definition) is 0. The van der Waals surface area contributed by atoms with Crippen LogP contribution < -0.4 is 4.74 Å². The van der Waals surface area contributed by atoms with Gasteiger partial charge < -0.3 is 4.74 Å². The molecule has 30 heavy (non-hydrogen) atoms. The van der Waals surface area contributed by atoms with Gasteiger partial charge in [0.25, 0.3) is 0 Å². The molecule has 0 saturated carbocycles. The lowest BCUT2D eigenvalue weighted by Crippen LogP contribution is -2.34. The number of ether oxygens (including phenoxy) is 1. The molecule has 6 rings (SSSR count). The summed E-state index contributed by atoms with van der Waals surface area (Å²) >= 11 is 0. The van der Waals surface area contributed by atoms with Gasteiger partial charge >= 0.3 is 0 Å². The van der Waals surface area contributed by atoms with E-state index in [1.165, 1.54) is 16.8 Å². The summed E-state index contributed by atoms with van der Waals surface area (Å²) in [5.74, 6) is 0.511. The molecule has 0 N–H and O–H groups in total. The van der Waals surface area contributed by atoms with E-state index in [1.807, 2.05) is 41.4 Å². The van der Waals surface area contributed by atoms with E-state index in [4.69, 9.17) is 9.84 Å². The maximum Gasteiger partial charge on any atom is 0.216 e. The van der Waals surface area contributed by atoms with Crippen molar-refractivity contribution in [3.8, 4) is 5.75 Å². The quantitative estimate of drug-likeness (QED) is 0.403. The van der Waals surface area contributed by atoms with Crippen LogP contribution in [0.15, 0.2) is 96.1 Å². The molecule has 0 radical (unpaired) electrons. The van der Waals surface area contributed by atoms with Gasteiger partial charge in [0.2, 0.25) is 6.23 Å². The molecule has 0 saturated heterocycles. The van der Waals surface area contributed by atoms with Crippen molar-refractivity contribution in [2.24, 2.45) is 5.10 Å². The molecule has 0 aromatic heterocycles. The predicted molar refractivity (Wildman–Crippen MR) is 116 cm³/mol. The lowest BCUT2D eigenvalue weighted by molar-refractivity contribution is -0.0212. The van der Waals surface area contributed by atoms with Gasteiger partial charge in [0, 0.05) is 12.0 Å². The summed E-state index contributed by atoms with van der Waals surface area (Å²) in [6.07, 6.45) is 0.160. The minimum atomic E-state index is -0.593. The first kappa shape index (κ1) is 17.2. The second-order valence-corrected chi connectivity index (χ2v) is 7.74. The molecule has 2 aliphatic heterocycles. The highest BCUT2D eigenvalue weighted by Crippen LogP contribution is 2.47. The van der Waals surface area contributed by atoms with Crippen LogP contribution in [-0.4, -0.2) is 10.7 Å². The van der Waals surface area contributed by atoms with Crippen molar-refractivity contribution in [1.29, 1.82) is 0 Å². The van der Waals surface area contributed by atoms with E-state index in [0.29, 0.717) is 5.56 Å². The van der Waals surface area contributed by atoms with Crippen molar-refractivity contribution in [2.75, 3.05) is 0 Å². The van der Waals surface area contributed by atoms with Crippen LogP contribution in [0.4, 0.5) is 4.39 Å². The summed E-state index contributed by atoms with van der Waals surface area (Å²) < 4.78 is 20.9. The normalized spacial score (nSPS) is 19.8. The number of hydrazone groups is 1. The Morgan fingerprint density at radius 2 is 1.53 bits per heavy atom. The van der Waals surface area contributed by atoms with Gasteiger partial charge in [-0.3, -0.25) is 0 Å². The maximum atomic E-state index is 14.6. The van der Waals surface area contributed by atoms with Crippen LogP contribution in [0.1, 0.15) is 35.4 Å². The van der Waals surface area contributed by atoms with Crippen molar-refractivity contribution >= 4 is 16.5 Å². The Labute approximate surface area is 174 Å². The number of fused-ring (bicyclic) bond motifs is 4. The van der Waals surface area contributed by atoms with Gasteiger partial charge in [0.05, 0.1) is 17.3 Å². The molecule has 4 heteroatoms. The molecular weight excluding hydrogens is 375 g/mol. The van der Waals surface area contributed by atoms with Gasteiger partial charge in [-0.2, -0.15) is 5.10 Å². The number of nitrogens with zero attached hydrogens (tertiary/aromatic N) is 2. The van der Waals surface area contributed by atoms with Gasteiger partial charge in [-0.1, -0.05) is 72.8 Å². The van der Waals surface area contributed by atoms with E-state index in [9.17, 15) is 4.39 Å². The molecule has 4 aromatic rings. The summed E-state index contributed by atoms with van der Waals surface area (Å²) in [5.41, 5.74) is 3.67. The molecule has 2 atom stereocenters. The average molecular weight is 394 g/mol. The zero-order chi connectivity index (χ0) is 20.1. The molecule has 0 fully saturated rings. The monoisotopic (exact) mass is 394 g/mol. The van der Waals surface area contributed by atoms with Crippen molar-refractivity contribution in [2.45, 2.75) is 18.7 Å². The molecule has 2 aliphatic rings. The summed E-state index contributed by atoms with van der Waals surface area (Å²) in [6, 6.07) is 29.5. The van der Waals surface area contributed by atoms with Crippen LogP contribution >= 0.6 is 0 Å². The smallest absolute Gasteiger partial charge is 0.216 e. The number of hydrogen-bond acceptors (Lipinski definition) is 3. The molecule has 0 spiro atoms. The Morgan fingerprint density at radius 1 is 0.800 bits per heavy atom. The highest BCUT2D eigenvalue weighted by Gasteiger charge is 2.41. The standard InChI is InChI=1S/C26H19FN2O/c27-22-11-5-3-9-20(22)26-29-24(21-10-4-6-12-25(21)30-26)16-23(28-29)19-14-13-17-7-1-2-8-18(17)15-19/h1-15,24,26H,16H2/t24-,26+/m0/s1. The Hall–Kier alpha value is -3.66. The summed E-state index contributed by atoms with van der Waals surface area (Å²) in [4.78, 5) is 0. The highest BCUT2D eigenvalue weighted by atomic mass is 19.1. The van der Waals surface area contributed by atoms with Crippen molar-refractivity contribution < 1.29 is 9.13 Å². The summed E-state index contributed by atoms with van der Waals surface area (Å²) in [6.45, 7) is 0. The fourth-order valence-electron chi connectivity index (χ4n) is 4.46. The zero-order valence-electron chi connectivity index (χ0n) is 16.2. The van der Waals surface area contributed by atoms with E-state index in [2.05, 4.69) is 36.4 Å². The van der Waals surface area contributed by atoms with Gasteiger partial charge in [0.1, 0.15) is 11.6 Å². The first-order valence-corrected chi connectivity index (χ1v) is 10.1. The minimum absolute atomic E-state index is 0.0148. The zero-order valence-corrected chi connectivity index (χ0v) is 16.2. The van der Waals surface area contributed by atoms with E-state index >= 15 is 0 Å². The van der Waals surface area contributed by atoms with E-state index in [1.54, 1.807) is 12.1 Å². The van der Waals surface area contributed by atoms with E-state index in [0.717, 1.165) is 29.0 Å². The topological polar surface area (TPSA) is 24.8 Å². The highest BCUT2D eigenvalue weighted by molar-refractivity contribution is 6.04. The minimum Gasteiger partial charge on any atom is -0.464 e. The van der Waals surface area contributed by atoms with Gasteiger partial charge in [-0.05, 0) is 34.5 Å². The van der Waals surface area contributed by atoms with Crippen molar-refractivity contribution in [3.63, 3.8) is 0 Å². The van der Waals surface area contributed by atoms with Crippen LogP contribution in [-0.2, 0) is 0 Å². The van der Waals surface area contributed by atoms with Crippen LogP contribution in [0.5, 0.6) is 5.75 Å². The fraction of sp³-hybridized carbons (Fsp3) is 0.115. The first-order valence-electron chi connectivity index (χ1n) is 10.1. The van der Waals surface area contributed by atoms with Crippen molar-refractivity contribution in [1.82, 2.24) is 5.01 Å². The lowest BCUT2D eigenvalue weighted by atomic mass is 9.95. The van der Waals surface area contributed by atoms with Crippen LogP contribution in [0.25, 0.3) is 10.8 Å². The maximum absolute atomic E-state index is 14.6. The molecule has 0 bridgehead atoms. The van der Waals surface area contributed by atoms with Gasteiger partial charge in [-0.25, -0.2) is 9.40 Å². The molecule has 146 valence electrons. The second kappa shape index (κ2) is 6.70. The van der Waals surface area contributed by atoms with Crippen LogP contribution in [0, 0.1) is 5.82 Å². The van der Waals surface area contributed by atoms with E-state index < -0.39 is 6.23 Å². The Morgan fingerprint density at radius 3 is 2.40 bits per heavy atom. The van der Waals surface area contributed by atoms with Crippen LogP contribution in [0.3, 0.4) is 0 Å². The second-order valence-electron chi connectivity index (χ2n) is 7.74. The van der Waals surface area contributed by atoms with E-state index in [-0.39, 0.29) is 11.9 Å². The molecule has 0 unspecified atom stereocenters. The van der Waals surface area contributed by atoms with Crippen molar-refractivity contribution in [3.05, 3.63) is 114 Å². The third-order valence-corrected chi connectivity index (χ3v) is 5.95. The molecule has 4 aromatic carbocycles. The Bertz CT molecular complexity index is 1300. The number of benzene rings is 4. The van der Waals surface area contributed by atoms with Gasteiger partial charge in [-0.15, -0.1) is 0 Å². The largest absolute Gasteiger partial charge is 0.464 e. The van der Waals surface area contributed by atoms with Crippen LogP contribution in [0.2, 0.25) is 0 Å². The summed E-state index contributed by atoms with van der Waals surface area (Å²) in [5, 5.41) is 9.25. The number of halogens is 1. The average Bonchev–Trinajstić information content (AvgIpc) is 3.24. The fourth-order valence-corrected chi connectivity index (χ4v) is 4.46. The molecule has 2 heterocycles. The first-order chi connectivity index (χ1) is 14.8. The SMILES string of the molecule is Fc1ccccc1[C@H]1Oc2ccccc2[C@@H]2CC(c3ccc4ccccc4c3)=NN12. The number of para-hydroxylation sites is 1. The third-order valence-electron chi connectivity index (χ3n) is 5.95. The lowest BCUT2D eigenvalue weighted by Gasteiger charge is -2.38. The molecule has 0 amide bonds. The van der Waals surface area contributed by atoms with Gasteiger partial charge in [0.15, 0.2) is 0 Å². The molecule has 3 nitrogen and oxygen atoms in total. The Balaban J connectivity index is 1.47. The predicted octanol–water partition coefficient (Wildman–Crippen LogP) is 6.22. The third kappa shape index (κ3) is 2.68.